The van der Waals surface area contributed by atoms with E-state index in [0.717, 1.165) is 4.90 Å². The van der Waals surface area contributed by atoms with Gasteiger partial charge in [-0.25, -0.2) is 14.1 Å². The van der Waals surface area contributed by atoms with Gasteiger partial charge in [-0.1, -0.05) is 0 Å². The molecule has 1 heterocycles. The molecule has 2 rings (SSSR count). The molecule has 0 N–H and O–H groups in total. The number of halogens is 2. The molecule has 1 aliphatic heterocycles. The Labute approximate surface area is 125 Å². The van der Waals surface area contributed by atoms with Crippen LogP contribution in [-0.4, -0.2) is 22.5 Å². The van der Waals surface area contributed by atoms with Gasteiger partial charge in [-0.3, -0.25) is 4.79 Å². The van der Waals surface area contributed by atoms with E-state index in [1.165, 1.54) is 6.07 Å². The van der Waals surface area contributed by atoms with Gasteiger partial charge in [-0.2, -0.15) is 0 Å². The second-order valence-corrected chi connectivity index (χ2v) is 6.54. The summed E-state index contributed by atoms with van der Waals surface area (Å²) in [5.41, 5.74) is 0.536. The maximum absolute atomic E-state index is 13.7. The minimum atomic E-state index is -0.717. The molecule has 6 heteroatoms. The van der Waals surface area contributed by atoms with Gasteiger partial charge in [-0.05, 0) is 60.8 Å². The van der Waals surface area contributed by atoms with E-state index < -0.39 is 23.4 Å². The number of fused-ring (bicyclic) bond motifs is 1. The molecule has 1 aromatic carbocycles. The van der Waals surface area contributed by atoms with E-state index in [9.17, 15) is 14.0 Å². The number of hydrogen-bond acceptors (Lipinski definition) is 3. The lowest BCUT2D eigenvalue weighted by molar-refractivity contribution is 0.0248. The standard InChI is InChI=1S/C14H15BrFNO3/c1-7-8-6-17(13(19)20-14(2,3)4)12(18)11(8)9(15)5-10(7)16/h5H,6H2,1-4H3. The lowest BCUT2D eigenvalue weighted by Gasteiger charge is -2.23. The molecule has 0 radical (unpaired) electrons. The lowest BCUT2D eigenvalue weighted by atomic mass is 10.0. The molecule has 1 aromatic rings. The van der Waals surface area contributed by atoms with E-state index in [4.69, 9.17) is 4.74 Å². The molecule has 0 aromatic heterocycles. The molecule has 0 spiro atoms. The number of hydrogen-bond donors (Lipinski definition) is 0. The van der Waals surface area contributed by atoms with Crippen molar-refractivity contribution in [1.29, 1.82) is 0 Å². The van der Waals surface area contributed by atoms with Crippen LogP contribution in [0.2, 0.25) is 0 Å². The highest BCUT2D eigenvalue weighted by molar-refractivity contribution is 9.10. The van der Waals surface area contributed by atoms with Crippen molar-refractivity contribution >= 4 is 27.9 Å². The molecule has 2 amide bonds. The van der Waals surface area contributed by atoms with Gasteiger partial charge in [0.15, 0.2) is 0 Å². The van der Waals surface area contributed by atoms with Gasteiger partial charge in [0.05, 0.1) is 12.1 Å². The Morgan fingerprint density at radius 1 is 1.45 bits per heavy atom. The highest BCUT2D eigenvalue weighted by Crippen LogP contribution is 2.34. The lowest BCUT2D eigenvalue weighted by Crippen LogP contribution is -2.36. The second kappa shape index (κ2) is 4.84. The number of amides is 2. The molecule has 20 heavy (non-hydrogen) atoms. The van der Waals surface area contributed by atoms with E-state index in [2.05, 4.69) is 15.9 Å². The Morgan fingerprint density at radius 2 is 2.05 bits per heavy atom. The Kier molecular flexibility index (Phi) is 3.62. The molecular weight excluding hydrogens is 329 g/mol. The summed E-state index contributed by atoms with van der Waals surface area (Å²) in [6.07, 6.45) is -0.717. The van der Waals surface area contributed by atoms with Crippen LogP contribution in [0.25, 0.3) is 0 Å². The summed E-state index contributed by atoms with van der Waals surface area (Å²) in [7, 11) is 0. The molecule has 0 saturated carbocycles. The number of benzene rings is 1. The Balaban J connectivity index is 2.37. The van der Waals surface area contributed by atoms with Crippen molar-refractivity contribution in [3.8, 4) is 0 Å². The van der Waals surface area contributed by atoms with Crippen molar-refractivity contribution < 1.29 is 18.7 Å². The first-order chi connectivity index (χ1) is 9.11. The third-order valence-corrected chi connectivity index (χ3v) is 3.62. The number of carbonyl (C=O) groups is 2. The highest BCUT2D eigenvalue weighted by Gasteiger charge is 2.38. The average Bonchev–Trinajstić information content (AvgIpc) is 2.62. The third kappa shape index (κ3) is 2.57. The second-order valence-electron chi connectivity index (χ2n) is 5.69. The van der Waals surface area contributed by atoms with Gasteiger partial charge in [0.25, 0.3) is 5.91 Å². The van der Waals surface area contributed by atoms with Gasteiger partial charge in [0, 0.05) is 4.47 Å². The van der Waals surface area contributed by atoms with E-state index >= 15 is 0 Å². The topological polar surface area (TPSA) is 46.6 Å². The van der Waals surface area contributed by atoms with Crippen LogP contribution in [-0.2, 0) is 11.3 Å². The smallest absolute Gasteiger partial charge is 0.417 e. The largest absolute Gasteiger partial charge is 0.443 e. The van der Waals surface area contributed by atoms with Crippen molar-refractivity contribution in [3.63, 3.8) is 0 Å². The number of nitrogens with zero attached hydrogens (tertiary/aromatic N) is 1. The summed E-state index contributed by atoms with van der Waals surface area (Å²) in [4.78, 5) is 25.3. The number of rotatable bonds is 0. The minimum Gasteiger partial charge on any atom is -0.443 e. The fourth-order valence-corrected chi connectivity index (χ4v) is 2.64. The summed E-state index contributed by atoms with van der Waals surface area (Å²) in [6, 6.07) is 1.24. The molecule has 4 nitrogen and oxygen atoms in total. The van der Waals surface area contributed by atoms with Crippen molar-refractivity contribution in [2.45, 2.75) is 39.8 Å². The Hall–Kier alpha value is -1.43. The monoisotopic (exact) mass is 343 g/mol. The van der Waals surface area contributed by atoms with Crippen LogP contribution in [0.4, 0.5) is 9.18 Å². The van der Waals surface area contributed by atoms with E-state index in [1.54, 1.807) is 27.7 Å². The van der Waals surface area contributed by atoms with E-state index in [1.807, 2.05) is 0 Å². The van der Waals surface area contributed by atoms with Crippen LogP contribution in [0.1, 0.15) is 42.3 Å². The zero-order chi connectivity index (χ0) is 15.2. The average molecular weight is 344 g/mol. The fourth-order valence-electron chi connectivity index (χ4n) is 2.03. The van der Waals surface area contributed by atoms with Crippen LogP contribution in [0, 0.1) is 12.7 Å². The molecular formula is C14H15BrFNO3. The molecule has 0 saturated heterocycles. The highest BCUT2D eigenvalue weighted by atomic mass is 79.9. The molecule has 0 unspecified atom stereocenters. The van der Waals surface area contributed by atoms with Gasteiger partial charge in [-0.15, -0.1) is 0 Å². The van der Waals surface area contributed by atoms with Gasteiger partial charge in [0.1, 0.15) is 11.4 Å². The van der Waals surface area contributed by atoms with Crippen LogP contribution in [0.5, 0.6) is 0 Å². The van der Waals surface area contributed by atoms with Gasteiger partial charge >= 0.3 is 6.09 Å². The molecule has 0 aliphatic carbocycles. The quantitative estimate of drug-likeness (QED) is 0.719. The molecule has 1 aliphatic rings. The van der Waals surface area contributed by atoms with Crippen LogP contribution in [0.15, 0.2) is 10.5 Å². The SMILES string of the molecule is Cc1c(F)cc(Br)c2c1CN(C(=O)OC(C)(C)C)C2=O. The van der Waals surface area contributed by atoms with E-state index in [0.29, 0.717) is 21.2 Å². The summed E-state index contributed by atoms with van der Waals surface area (Å²) < 4.78 is 19.2. The first-order valence-corrected chi connectivity index (χ1v) is 6.93. The summed E-state index contributed by atoms with van der Waals surface area (Å²) >= 11 is 3.17. The van der Waals surface area contributed by atoms with Crippen LogP contribution in [0.3, 0.4) is 0 Å². The summed E-state index contributed by atoms with van der Waals surface area (Å²) in [6.45, 7) is 6.79. The number of carbonyl (C=O) groups excluding carboxylic acids is 2. The minimum absolute atomic E-state index is 0.0330. The van der Waals surface area contributed by atoms with E-state index in [-0.39, 0.29) is 6.54 Å². The van der Waals surface area contributed by atoms with Crippen LogP contribution >= 0.6 is 15.9 Å². The Morgan fingerprint density at radius 3 is 2.60 bits per heavy atom. The zero-order valence-corrected chi connectivity index (χ0v) is 13.3. The maximum atomic E-state index is 13.7. The van der Waals surface area contributed by atoms with Gasteiger partial charge in [0.2, 0.25) is 0 Å². The zero-order valence-electron chi connectivity index (χ0n) is 11.7. The summed E-state index contributed by atoms with van der Waals surface area (Å²) in [5, 5.41) is 0. The number of ether oxygens (including phenoxy) is 1. The van der Waals surface area contributed by atoms with Crippen molar-refractivity contribution in [1.82, 2.24) is 4.90 Å². The van der Waals surface area contributed by atoms with Crippen molar-refractivity contribution in [2.24, 2.45) is 0 Å². The van der Waals surface area contributed by atoms with Crippen molar-refractivity contribution in [3.05, 3.63) is 33.0 Å². The fraction of sp³-hybridized carbons (Fsp3) is 0.429. The predicted octanol–water partition coefficient (Wildman–Crippen LogP) is 3.79. The van der Waals surface area contributed by atoms with Gasteiger partial charge < -0.3 is 4.74 Å². The first kappa shape index (κ1) is 15.0. The predicted molar refractivity (Wildman–Crippen MR) is 74.9 cm³/mol. The normalized spacial score (nSPS) is 14.5. The first-order valence-electron chi connectivity index (χ1n) is 6.14. The Bertz CT molecular complexity index is 607. The number of imide groups is 1. The maximum Gasteiger partial charge on any atom is 0.417 e. The molecule has 0 bridgehead atoms. The molecule has 108 valence electrons. The summed E-state index contributed by atoms with van der Waals surface area (Å²) in [5.74, 6) is -0.876. The van der Waals surface area contributed by atoms with Crippen LogP contribution < -0.4 is 0 Å². The molecule has 0 atom stereocenters. The molecule has 0 fully saturated rings. The third-order valence-electron chi connectivity index (χ3n) is 2.99. The van der Waals surface area contributed by atoms with Crippen molar-refractivity contribution in [2.75, 3.05) is 0 Å².